The van der Waals surface area contributed by atoms with Crippen molar-refractivity contribution >= 4 is 11.6 Å². The van der Waals surface area contributed by atoms with Crippen molar-refractivity contribution in [2.75, 3.05) is 25.7 Å². The second-order valence-electron chi connectivity index (χ2n) is 4.20. The maximum atomic E-state index is 5.66. The van der Waals surface area contributed by atoms with E-state index in [-0.39, 0.29) is 5.41 Å². The zero-order valence-electron chi connectivity index (χ0n) is 8.55. The highest BCUT2D eigenvalue weighted by Crippen LogP contribution is 2.42. The summed E-state index contributed by atoms with van der Waals surface area (Å²) in [5.41, 5.74) is 0.0999. The Morgan fingerprint density at radius 1 is 1.14 bits per heavy atom. The van der Waals surface area contributed by atoms with Crippen LogP contribution in [0.15, 0.2) is 0 Å². The predicted octanol–water partition coefficient (Wildman–Crippen LogP) is 2.13. The molecule has 3 rings (SSSR count). The standard InChI is InChI=1S/C10H17ClO3/c1-2-9-6-12-10(13-7-9,14-8-9)4-3-5-11/h2-8H2,1H3. The van der Waals surface area contributed by atoms with Crippen molar-refractivity contribution in [3.8, 4) is 0 Å². The van der Waals surface area contributed by atoms with E-state index in [1.54, 1.807) is 0 Å². The Morgan fingerprint density at radius 2 is 1.71 bits per heavy atom. The minimum Gasteiger partial charge on any atom is -0.327 e. The molecule has 0 N–H and O–H groups in total. The molecule has 0 amide bonds. The van der Waals surface area contributed by atoms with Crippen molar-refractivity contribution in [2.45, 2.75) is 32.2 Å². The largest absolute Gasteiger partial charge is 0.327 e. The molecule has 3 fully saturated rings. The van der Waals surface area contributed by atoms with Gasteiger partial charge in [0, 0.05) is 17.7 Å². The molecule has 0 aliphatic carbocycles. The molecule has 3 aliphatic rings. The highest BCUT2D eigenvalue weighted by molar-refractivity contribution is 6.17. The first kappa shape index (κ1) is 10.7. The fourth-order valence-electron chi connectivity index (χ4n) is 1.85. The first-order chi connectivity index (χ1) is 6.74. The normalized spacial score (nSPS) is 41.6. The summed E-state index contributed by atoms with van der Waals surface area (Å²) < 4.78 is 17.0. The number of rotatable bonds is 4. The van der Waals surface area contributed by atoms with E-state index in [0.29, 0.717) is 5.88 Å². The summed E-state index contributed by atoms with van der Waals surface area (Å²) in [6.45, 7) is 4.41. The van der Waals surface area contributed by atoms with Crippen LogP contribution in [0.1, 0.15) is 26.2 Å². The van der Waals surface area contributed by atoms with Gasteiger partial charge in [0.05, 0.1) is 19.8 Å². The minimum absolute atomic E-state index is 0.0999. The summed E-state index contributed by atoms with van der Waals surface area (Å²) in [4.78, 5) is 0. The Bertz CT molecular complexity index is 183. The Morgan fingerprint density at radius 3 is 2.14 bits per heavy atom. The smallest absolute Gasteiger partial charge is 0.282 e. The topological polar surface area (TPSA) is 27.7 Å². The van der Waals surface area contributed by atoms with Crippen LogP contribution in [0.25, 0.3) is 0 Å². The molecule has 3 nitrogen and oxygen atoms in total. The van der Waals surface area contributed by atoms with E-state index in [2.05, 4.69) is 6.92 Å². The van der Waals surface area contributed by atoms with Gasteiger partial charge in [-0.15, -0.1) is 11.6 Å². The van der Waals surface area contributed by atoms with Gasteiger partial charge < -0.3 is 14.2 Å². The third-order valence-electron chi connectivity index (χ3n) is 3.16. The molecular formula is C10H17ClO3. The SMILES string of the molecule is CCC12COC(CCCCl)(OC1)OC2. The van der Waals surface area contributed by atoms with Gasteiger partial charge >= 0.3 is 0 Å². The van der Waals surface area contributed by atoms with E-state index in [0.717, 1.165) is 39.1 Å². The molecule has 0 radical (unpaired) electrons. The molecule has 0 aromatic carbocycles. The van der Waals surface area contributed by atoms with Gasteiger partial charge in [-0.25, -0.2) is 0 Å². The van der Waals surface area contributed by atoms with Crippen molar-refractivity contribution in [2.24, 2.45) is 5.41 Å². The highest BCUT2D eigenvalue weighted by atomic mass is 35.5. The number of hydrogen-bond acceptors (Lipinski definition) is 3. The van der Waals surface area contributed by atoms with Gasteiger partial charge in [0.25, 0.3) is 5.97 Å². The fourth-order valence-corrected chi connectivity index (χ4v) is 1.98. The Hall–Kier alpha value is 0.170. The fraction of sp³-hybridized carbons (Fsp3) is 1.00. The Balaban J connectivity index is 1.95. The lowest BCUT2D eigenvalue weighted by molar-refractivity contribution is -0.470. The first-order valence-corrected chi connectivity index (χ1v) is 5.76. The predicted molar refractivity (Wildman–Crippen MR) is 53.3 cm³/mol. The maximum Gasteiger partial charge on any atom is 0.282 e. The van der Waals surface area contributed by atoms with E-state index in [9.17, 15) is 0 Å². The van der Waals surface area contributed by atoms with Crippen LogP contribution in [0.4, 0.5) is 0 Å². The third kappa shape index (κ3) is 1.78. The van der Waals surface area contributed by atoms with Crippen LogP contribution >= 0.6 is 11.6 Å². The first-order valence-electron chi connectivity index (χ1n) is 5.22. The van der Waals surface area contributed by atoms with Crippen LogP contribution in [0.2, 0.25) is 0 Å². The maximum absolute atomic E-state index is 5.66. The molecule has 0 aromatic heterocycles. The second kappa shape index (κ2) is 3.97. The lowest BCUT2D eigenvalue weighted by atomic mass is 9.86. The highest BCUT2D eigenvalue weighted by Gasteiger charge is 2.51. The van der Waals surface area contributed by atoms with Crippen LogP contribution in [-0.4, -0.2) is 31.7 Å². The van der Waals surface area contributed by atoms with Crippen LogP contribution in [-0.2, 0) is 14.2 Å². The van der Waals surface area contributed by atoms with Crippen LogP contribution in [0, 0.1) is 5.41 Å². The molecule has 3 saturated heterocycles. The van der Waals surface area contributed by atoms with Crippen molar-refractivity contribution in [3.63, 3.8) is 0 Å². The van der Waals surface area contributed by atoms with Gasteiger partial charge in [-0.3, -0.25) is 0 Å². The van der Waals surface area contributed by atoms with Gasteiger partial charge in [0.15, 0.2) is 0 Å². The molecule has 0 aromatic rings. The van der Waals surface area contributed by atoms with Gasteiger partial charge in [0.1, 0.15) is 0 Å². The lowest BCUT2D eigenvalue weighted by Gasteiger charge is -2.51. The van der Waals surface area contributed by atoms with Gasteiger partial charge in [-0.2, -0.15) is 0 Å². The van der Waals surface area contributed by atoms with Gasteiger partial charge in [-0.1, -0.05) is 6.92 Å². The van der Waals surface area contributed by atoms with Crippen molar-refractivity contribution in [1.29, 1.82) is 0 Å². The Labute approximate surface area is 89.7 Å². The molecule has 0 unspecified atom stereocenters. The zero-order valence-corrected chi connectivity index (χ0v) is 9.31. The molecule has 0 spiro atoms. The molecule has 0 atom stereocenters. The monoisotopic (exact) mass is 220 g/mol. The van der Waals surface area contributed by atoms with Gasteiger partial charge in [-0.05, 0) is 12.8 Å². The molecule has 82 valence electrons. The van der Waals surface area contributed by atoms with Crippen LogP contribution < -0.4 is 0 Å². The molecule has 2 bridgehead atoms. The number of hydrogen-bond donors (Lipinski definition) is 0. The van der Waals surface area contributed by atoms with E-state index in [4.69, 9.17) is 25.8 Å². The molecule has 3 aliphatic heterocycles. The molecule has 3 heterocycles. The minimum atomic E-state index is -0.772. The van der Waals surface area contributed by atoms with Crippen LogP contribution in [0.5, 0.6) is 0 Å². The summed E-state index contributed by atoms with van der Waals surface area (Å²) in [5, 5.41) is 0. The second-order valence-corrected chi connectivity index (χ2v) is 4.57. The number of ether oxygens (including phenoxy) is 3. The average molecular weight is 221 g/mol. The van der Waals surface area contributed by atoms with Crippen molar-refractivity contribution in [1.82, 2.24) is 0 Å². The Kier molecular flexibility index (Phi) is 3.03. The third-order valence-corrected chi connectivity index (χ3v) is 3.43. The van der Waals surface area contributed by atoms with Crippen molar-refractivity contribution < 1.29 is 14.2 Å². The summed E-state index contributed by atoms with van der Waals surface area (Å²) in [7, 11) is 0. The quantitative estimate of drug-likeness (QED) is 0.680. The zero-order chi connectivity index (χ0) is 10.1. The summed E-state index contributed by atoms with van der Waals surface area (Å²) in [6, 6.07) is 0. The molecule has 0 saturated carbocycles. The molecule has 14 heavy (non-hydrogen) atoms. The van der Waals surface area contributed by atoms with Crippen LogP contribution in [0.3, 0.4) is 0 Å². The summed E-state index contributed by atoms with van der Waals surface area (Å²) in [5.74, 6) is -0.150. The van der Waals surface area contributed by atoms with E-state index in [1.165, 1.54) is 0 Å². The number of fused-ring (bicyclic) bond motifs is 3. The lowest BCUT2D eigenvalue weighted by Crippen LogP contribution is -2.59. The van der Waals surface area contributed by atoms with E-state index in [1.807, 2.05) is 0 Å². The molecule has 4 heteroatoms. The summed E-state index contributed by atoms with van der Waals surface area (Å²) in [6.07, 6.45) is 2.63. The number of alkyl halides is 1. The average Bonchev–Trinajstić information content (AvgIpc) is 2.29. The van der Waals surface area contributed by atoms with Gasteiger partial charge in [0.2, 0.25) is 0 Å². The number of halogens is 1. The van der Waals surface area contributed by atoms with Crippen molar-refractivity contribution in [3.05, 3.63) is 0 Å². The van der Waals surface area contributed by atoms with E-state index < -0.39 is 5.97 Å². The molecular weight excluding hydrogens is 204 g/mol. The van der Waals surface area contributed by atoms with E-state index >= 15 is 0 Å². The summed E-state index contributed by atoms with van der Waals surface area (Å²) >= 11 is 5.64.